The Morgan fingerprint density at radius 3 is 2.76 bits per heavy atom. The smallest absolute Gasteiger partial charge is 0.339 e. The summed E-state index contributed by atoms with van der Waals surface area (Å²) >= 11 is 0. The number of fused-ring (bicyclic) bond motifs is 1. The molecule has 1 N–H and O–H groups in total. The summed E-state index contributed by atoms with van der Waals surface area (Å²) in [5, 5.41) is 10.7. The fraction of sp³-hybridized carbons (Fsp3) is 0. The van der Waals surface area contributed by atoms with Gasteiger partial charge >= 0.3 is 5.97 Å². The van der Waals surface area contributed by atoms with Gasteiger partial charge in [-0.15, -0.1) is 0 Å². The van der Waals surface area contributed by atoms with Crippen molar-refractivity contribution in [2.75, 3.05) is 0 Å². The topological polar surface area (TPSA) is 59.4 Å². The van der Waals surface area contributed by atoms with Crippen LogP contribution >= 0.6 is 0 Å². The molecule has 0 aliphatic heterocycles. The fourth-order valence-corrected chi connectivity index (χ4v) is 2.03. The van der Waals surface area contributed by atoms with Gasteiger partial charge in [0.1, 0.15) is 17.1 Å². The molecule has 0 spiro atoms. The molecule has 0 saturated heterocycles. The van der Waals surface area contributed by atoms with Crippen molar-refractivity contribution in [3.05, 3.63) is 66.1 Å². The van der Waals surface area contributed by atoms with E-state index in [9.17, 15) is 9.18 Å². The number of ether oxygens (including phenoxy) is 1. The highest BCUT2D eigenvalue weighted by Crippen LogP contribution is 2.30. The Kier molecular flexibility index (Phi) is 3.23. The largest absolute Gasteiger partial charge is 0.478 e. The number of carboxylic acids is 1. The lowest BCUT2D eigenvalue weighted by Crippen LogP contribution is -2.01. The number of rotatable bonds is 3. The van der Waals surface area contributed by atoms with Crippen molar-refractivity contribution in [1.82, 2.24) is 4.98 Å². The average Bonchev–Trinajstić information content (AvgIpc) is 2.47. The molecule has 104 valence electrons. The maximum absolute atomic E-state index is 13.3. The van der Waals surface area contributed by atoms with Crippen LogP contribution in [0.4, 0.5) is 4.39 Å². The minimum Gasteiger partial charge on any atom is -0.478 e. The van der Waals surface area contributed by atoms with E-state index in [4.69, 9.17) is 9.84 Å². The summed E-state index contributed by atoms with van der Waals surface area (Å²) in [7, 11) is 0. The molecule has 4 nitrogen and oxygen atoms in total. The molecule has 3 rings (SSSR count). The van der Waals surface area contributed by atoms with Gasteiger partial charge in [-0.2, -0.15) is 0 Å². The lowest BCUT2D eigenvalue weighted by atomic mass is 10.1. The molecule has 3 aromatic rings. The minimum atomic E-state index is -1.19. The molecule has 0 fully saturated rings. The number of hydrogen-bond acceptors (Lipinski definition) is 3. The normalized spacial score (nSPS) is 10.5. The summed E-state index contributed by atoms with van der Waals surface area (Å²) in [6.07, 6.45) is 1.55. The summed E-state index contributed by atoms with van der Waals surface area (Å²) in [5.74, 6) is -1.60. The van der Waals surface area contributed by atoms with Crippen molar-refractivity contribution in [2.24, 2.45) is 0 Å². The Balaban J connectivity index is 2.11. The van der Waals surface area contributed by atoms with E-state index in [2.05, 4.69) is 4.98 Å². The maximum Gasteiger partial charge on any atom is 0.339 e. The number of pyridine rings is 1. The average molecular weight is 283 g/mol. The molecular formula is C16H10FNO3. The van der Waals surface area contributed by atoms with Crippen molar-refractivity contribution < 1.29 is 19.0 Å². The zero-order valence-electron chi connectivity index (χ0n) is 10.8. The Hall–Kier alpha value is -2.95. The zero-order valence-corrected chi connectivity index (χ0v) is 10.8. The SMILES string of the molecule is O=C(O)c1ccc(F)cc1Oc1nccc2ccccc12. The van der Waals surface area contributed by atoms with Crippen LogP contribution in [0.5, 0.6) is 11.6 Å². The van der Waals surface area contributed by atoms with E-state index in [0.717, 1.165) is 29.0 Å². The van der Waals surface area contributed by atoms with Crippen molar-refractivity contribution in [1.29, 1.82) is 0 Å². The molecule has 21 heavy (non-hydrogen) atoms. The highest BCUT2D eigenvalue weighted by Gasteiger charge is 2.14. The van der Waals surface area contributed by atoms with Crippen LogP contribution < -0.4 is 4.74 Å². The second-order valence-electron chi connectivity index (χ2n) is 4.38. The Labute approximate surface area is 119 Å². The lowest BCUT2D eigenvalue weighted by Gasteiger charge is -2.10. The van der Waals surface area contributed by atoms with Gasteiger partial charge in [0, 0.05) is 17.6 Å². The van der Waals surface area contributed by atoms with E-state index in [1.807, 2.05) is 24.3 Å². The lowest BCUT2D eigenvalue weighted by molar-refractivity contribution is 0.0694. The van der Waals surface area contributed by atoms with Crippen LogP contribution in [0.25, 0.3) is 10.8 Å². The zero-order chi connectivity index (χ0) is 14.8. The van der Waals surface area contributed by atoms with E-state index in [0.29, 0.717) is 0 Å². The van der Waals surface area contributed by atoms with Gasteiger partial charge in [0.25, 0.3) is 0 Å². The van der Waals surface area contributed by atoms with E-state index in [1.165, 1.54) is 0 Å². The number of aromatic nitrogens is 1. The molecule has 0 aliphatic carbocycles. The molecule has 1 heterocycles. The van der Waals surface area contributed by atoms with Crippen LogP contribution in [0.2, 0.25) is 0 Å². The number of halogens is 1. The third-order valence-electron chi connectivity index (χ3n) is 3.02. The Bertz CT molecular complexity index is 827. The molecule has 0 amide bonds. The number of carbonyl (C=O) groups is 1. The number of benzene rings is 2. The van der Waals surface area contributed by atoms with Crippen molar-refractivity contribution in [3.63, 3.8) is 0 Å². The van der Waals surface area contributed by atoms with E-state index < -0.39 is 11.8 Å². The Morgan fingerprint density at radius 2 is 1.95 bits per heavy atom. The summed E-state index contributed by atoms with van der Waals surface area (Å²) in [6.45, 7) is 0. The van der Waals surface area contributed by atoms with Crippen molar-refractivity contribution in [2.45, 2.75) is 0 Å². The second kappa shape index (κ2) is 5.20. The number of carboxylic acid groups (broad SMARTS) is 1. The van der Waals surface area contributed by atoms with Crippen LogP contribution in [-0.2, 0) is 0 Å². The third-order valence-corrected chi connectivity index (χ3v) is 3.02. The first-order chi connectivity index (χ1) is 10.1. The summed E-state index contributed by atoms with van der Waals surface area (Å²) in [5.41, 5.74) is -0.119. The molecular weight excluding hydrogens is 273 g/mol. The molecule has 0 aliphatic rings. The molecule has 0 unspecified atom stereocenters. The van der Waals surface area contributed by atoms with Gasteiger partial charge in [-0.25, -0.2) is 14.2 Å². The number of nitrogens with zero attached hydrogens (tertiary/aromatic N) is 1. The van der Waals surface area contributed by atoms with Crippen LogP contribution in [0.3, 0.4) is 0 Å². The molecule has 0 bridgehead atoms. The number of hydrogen-bond donors (Lipinski definition) is 1. The quantitative estimate of drug-likeness (QED) is 0.792. The third kappa shape index (κ3) is 2.53. The van der Waals surface area contributed by atoms with Crippen molar-refractivity contribution >= 4 is 16.7 Å². The first-order valence-electron chi connectivity index (χ1n) is 6.19. The summed E-state index contributed by atoms with van der Waals surface area (Å²) < 4.78 is 18.9. The van der Waals surface area contributed by atoms with Crippen LogP contribution in [0.1, 0.15) is 10.4 Å². The van der Waals surface area contributed by atoms with Gasteiger partial charge in [0.05, 0.1) is 0 Å². The summed E-state index contributed by atoms with van der Waals surface area (Å²) in [6, 6.07) is 12.5. The molecule has 2 aromatic carbocycles. The van der Waals surface area contributed by atoms with Crippen LogP contribution in [0.15, 0.2) is 54.7 Å². The first kappa shape index (κ1) is 13.1. The highest BCUT2D eigenvalue weighted by atomic mass is 19.1. The maximum atomic E-state index is 13.3. The van der Waals surface area contributed by atoms with Gasteiger partial charge < -0.3 is 9.84 Å². The van der Waals surface area contributed by atoms with Gasteiger partial charge in [-0.05, 0) is 29.7 Å². The first-order valence-corrected chi connectivity index (χ1v) is 6.19. The van der Waals surface area contributed by atoms with Crippen LogP contribution in [0, 0.1) is 5.82 Å². The molecule has 0 radical (unpaired) electrons. The van der Waals surface area contributed by atoms with Crippen molar-refractivity contribution in [3.8, 4) is 11.6 Å². The minimum absolute atomic E-state index is 0.0775. The fourth-order valence-electron chi connectivity index (χ4n) is 2.03. The molecule has 5 heteroatoms. The monoisotopic (exact) mass is 283 g/mol. The van der Waals surface area contributed by atoms with Gasteiger partial charge in [-0.1, -0.05) is 18.2 Å². The number of aromatic carboxylic acids is 1. The van der Waals surface area contributed by atoms with Crippen LogP contribution in [-0.4, -0.2) is 16.1 Å². The van der Waals surface area contributed by atoms with E-state index in [1.54, 1.807) is 12.3 Å². The molecule has 1 aromatic heterocycles. The summed E-state index contributed by atoms with van der Waals surface area (Å²) in [4.78, 5) is 15.3. The van der Waals surface area contributed by atoms with Gasteiger partial charge in [-0.3, -0.25) is 0 Å². The van der Waals surface area contributed by atoms with E-state index in [-0.39, 0.29) is 17.2 Å². The van der Waals surface area contributed by atoms with Gasteiger partial charge in [0.2, 0.25) is 5.88 Å². The van der Waals surface area contributed by atoms with E-state index >= 15 is 0 Å². The standard InChI is InChI=1S/C16H10FNO3/c17-11-5-6-13(16(19)20)14(9-11)21-15-12-4-2-1-3-10(12)7-8-18-15/h1-9H,(H,19,20). The molecule has 0 atom stereocenters. The highest BCUT2D eigenvalue weighted by molar-refractivity contribution is 5.91. The predicted molar refractivity (Wildman–Crippen MR) is 75.2 cm³/mol. The molecule has 0 saturated carbocycles. The predicted octanol–water partition coefficient (Wildman–Crippen LogP) is 3.86. The Morgan fingerprint density at radius 1 is 1.14 bits per heavy atom. The van der Waals surface area contributed by atoms with Gasteiger partial charge in [0.15, 0.2) is 0 Å². The second-order valence-corrected chi connectivity index (χ2v) is 4.38.